The summed E-state index contributed by atoms with van der Waals surface area (Å²) in [5.74, 6) is -1.20. The molecule has 2 heterocycles. The lowest BCUT2D eigenvalue weighted by atomic mass is 9.93. The van der Waals surface area contributed by atoms with Crippen molar-refractivity contribution in [1.82, 2.24) is 9.55 Å². The number of carboxylic acid groups (broad SMARTS) is 1. The van der Waals surface area contributed by atoms with Crippen molar-refractivity contribution in [3.8, 4) is 11.1 Å². The molecule has 0 amide bonds. The summed E-state index contributed by atoms with van der Waals surface area (Å²) in [4.78, 5) is 28.1. The summed E-state index contributed by atoms with van der Waals surface area (Å²) in [6.07, 6.45) is -3.37. The molecule has 6 nitrogen and oxygen atoms in total. The van der Waals surface area contributed by atoms with E-state index in [4.69, 9.17) is 10.8 Å². The summed E-state index contributed by atoms with van der Waals surface area (Å²) in [7, 11) is 1.40. The lowest BCUT2D eigenvalue weighted by Crippen LogP contribution is -2.32. The number of benzene rings is 1. The monoisotopic (exact) mass is 405 g/mol. The topological polar surface area (TPSA) is 98.2 Å². The minimum atomic E-state index is -4.74. The Bertz CT molecular complexity index is 1170. The van der Waals surface area contributed by atoms with Crippen molar-refractivity contribution in [3.63, 3.8) is 0 Å². The summed E-state index contributed by atoms with van der Waals surface area (Å²) in [5, 5.41) is 9.50. The summed E-state index contributed by atoms with van der Waals surface area (Å²) in [6.45, 7) is 1.42. The molecule has 3 N–H and O–H groups in total. The molecule has 0 saturated heterocycles. The number of nitrogens with two attached hydrogens (primary N) is 1. The first-order valence-electron chi connectivity index (χ1n) is 8.65. The molecule has 1 unspecified atom stereocenters. The summed E-state index contributed by atoms with van der Waals surface area (Å²) in [6, 6.07) is 5.80. The molecule has 1 atom stereocenters. The number of aryl methyl sites for hydroxylation is 1. The van der Waals surface area contributed by atoms with Crippen molar-refractivity contribution in [2.24, 2.45) is 12.8 Å². The van der Waals surface area contributed by atoms with E-state index in [0.29, 0.717) is 10.9 Å². The van der Waals surface area contributed by atoms with Gasteiger partial charge >= 0.3 is 12.1 Å². The van der Waals surface area contributed by atoms with Crippen molar-refractivity contribution in [1.29, 1.82) is 0 Å². The van der Waals surface area contributed by atoms with Crippen LogP contribution in [0, 0.1) is 6.92 Å². The zero-order chi connectivity index (χ0) is 21.5. The van der Waals surface area contributed by atoms with Crippen LogP contribution in [0.4, 0.5) is 13.2 Å². The molecule has 0 spiro atoms. The van der Waals surface area contributed by atoms with Crippen molar-refractivity contribution in [2.75, 3.05) is 0 Å². The molecule has 3 rings (SSSR count). The van der Waals surface area contributed by atoms with Gasteiger partial charge in [-0.3, -0.25) is 14.6 Å². The van der Waals surface area contributed by atoms with Gasteiger partial charge in [0.05, 0.1) is 16.6 Å². The Morgan fingerprint density at radius 1 is 1.31 bits per heavy atom. The second kappa shape index (κ2) is 7.32. The van der Waals surface area contributed by atoms with Gasteiger partial charge in [-0.1, -0.05) is 18.2 Å². The van der Waals surface area contributed by atoms with Crippen molar-refractivity contribution >= 4 is 16.9 Å². The van der Waals surface area contributed by atoms with E-state index in [2.05, 4.69) is 4.98 Å². The fraction of sp³-hybridized carbons (Fsp3) is 0.250. The van der Waals surface area contributed by atoms with E-state index in [-0.39, 0.29) is 23.2 Å². The Morgan fingerprint density at radius 3 is 2.62 bits per heavy atom. The predicted molar refractivity (Wildman–Crippen MR) is 101 cm³/mol. The summed E-state index contributed by atoms with van der Waals surface area (Å²) in [5.41, 5.74) is 4.17. The smallest absolute Gasteiger partial charge is 0.417 e. The molecular formula is C20H18F3N3O3. The minimum Gasteiger partial charge on any atom is -0.480 e. The number of halogens is 3. The van der Waals surface area contributed by atoms with E-state index < -0.39 is 34.9 Å². The first kappa shape index (κ1) is 20.5. The summed E-state index contributed by atoms with van der Waals surface area (Å²) < 4.78 is 42.3. The lowest BCUT2D eigenvalue weighted by Gasteiger charge is -2.18. The van der Waals surface area contributed by atoms with Crippen molar-refractivity contribution < 1.29 is 23.1 Å². The van der Waals surface area contributed by atoms with Gasteiger partial charge in [0.25, 0.3) is 5.56 Å². The Balaban J connectivity index is 2.35. The van der Waals surface area contributed by atoms with Gasteiger partial charge in [-0.15, -0.1) is 0 Å². The van der Waals surface area contributed by atoms with Crippen LogP contribution in [0.25, 0.3) is 22.0 Å². The Hall–Kier alpha value is -3.20. The van der Waals surface area contributed by atoms with Crippen LogP contribution < -0.4 is 11.3 Å². The number of aromatic nitrogens is 2. The predicted octanol–water partition coefficient (Wildman–Crippen LogP) is 2.88. The summed E-state index contributed by atoms with van der Waals surface area (Å²) >= 11 is 0. The fourth-order valence-corrected chi connectivity index (χ4v) is 3.24. The third-order valence-corrected chi connectivity index (χ3v) is 4.86. The highest BCUT2D eigenvalue weighted by Crippen LogP contribution is 2.38. The van der Waals surface area contributed by atoms with Gasteiger partial charge in [-0.25, -0.2) is 0 Å². The van der Waals surface area contributed by atoms with Gasteiger partial charge in [-0.05, 0) is 31.0 Å². The zero-order valence-corrected chi connectivity index (χ0v) is 15.6. The first-order valence-corrected chi connectivity index (χ1v) is 8.65. The molecule has 0 aliphatic carbocycles. The molecule has 2 aromatic heterocycles. The number of carboxylic acids is 1. The second-order valence-electron chi connectivity index (χ2n) is 6.76. The standard InChI is InChI=1S/C20H18F3N3O3/c1-10-8-14(20(21,22)23)16(18(27)26(10)2)13-6-5-11(9-15(24)19(28)29)12-4-3-7-25-17(12)13/h3-8,15H,9,24H2,1-2H3,(H,28,29). The van der Waals surface area contributed by atoms with Gasteiger partial charge in [0.1, 0.15) is 6.04 Å². The van der Waals surface area contributed by atoms with Gasteiger partial charge in [0.2, 0.25) is 0 Å². The molecule has 0 bridgehead atoms. The zero-order valence-electron chi connectivity index (χ0n) is 15.6. The maximum atomic E-state index is 13.7. The van der Waals surface area contributed by atoms with Crippen molar-refractivity contribution in [2.45, 2.75) is 25.6 Å². The maximum absolute atomic E-state index is 13.7. The second-order valence-corrected chi connectivity index (χ2v) is 6.76. The average molecular weight is 405 g/mol. The highest BCUT2D eigenvalue weighted by Gasteiger charge is 2.36. The number of rotatable bonds is 4. The maximum Gasteiger partial charge on any atom is 0.417 e. The quantitative estimate of drug-likeness (QED) is 0.696. The lowest BCUT2D eigenvalue weighted by molar-refractivity contribution is -0.138. The Morgan fingerprint density at radius 2 is 2.00 bits per heavy atom. The SMILES string of the molecule is Cc1cc(C(F)(F)F)c(-c2ccc(CC(N)C(=O)O)c3cccnc23)c(=O)n1C. The van der Waals surface area contributed by atoms with E-state index in [1.165, 1.54) is 32.3 Å². The number of pyridine rings is 2. The van der Waals surface area contributed by atoms with Crippen LogP contribution in [0.2, 0.25) is 0 Å². The molecule has 0 aliphatic rings. The molecule has 0 saturated carbocycles. The van der Waals surface area contributed by atoms with Crippen LogP contribution in [-0.2, 0) is 24.4 Å². The van der Waals surface area contributed by atoms with Crippen molar-refractivity contribution in [3.05, 3.63) is 63.7 Å². The highest BCUT2D eigenvalue weighted by molar-refractivity contribution is 5.96. The third-order valence-electron chi connectivity index (χ3n) is 4.86. The molecule has 0 fully saturated rings. The number of carbonyl (C=O) groups is 1. The average Bonchev–Trinajstić information content (AvgIpc) is 2.65. The number of hydrogen-bond donors (Lipinski definition) is 2. The highest BCUT2D eigenvalue weighted by atomic mass is 19.4. The minimum absolute atomic E-state index is 0.0289. The van der Waals surface area contributed by atoms with Gasteiger partial charge in [0.15, 0.2) is 0 Å². The molecule has 1 aromatic carbocycles. The van der Waals surface area contributed by atoms with Crippen LogP contribution >= 0.6 is 0 Å². The van der Waals surface area contributed by atoms with Gasteiger partial charge < -0.3 is 15.4 Å². The number of nitrogens with zero attached hydrogens (tertiary/aromatic N) is 2. The van der Waals surface area contributed by atoms with E-state index in [0.717, 1.165) is 10.6 Å². The molecule has 9 heteroatoms. The van der Waals surface area contributed by atoms with E-state index >= 15 is 0 Å². The fourth-order valence-electron chi connectivity index (χ4n) is 3.24. The van der Waals surface area contributed by atoms with E-state index in [1.807, 2.05) is 0 Å². The molecule has 0 radical (unpaired) electrons. The third kappa shape index (κ3) is 3.73. The molecule has 3 aromatic rings. The Kier molecular flexibility index (Phi) is 5.18. The first-order chi connectivity index (χ1) is 13.5. The number of alkyl halides is 3. The van der Waals surface area contributed by atoms with Crippen LogP contribution in [0.5, 0.6) is 0 Å². The van der Waals surface area contributed by atoms with Crippen LogP contribution in [0.1, 0.15) is 16.8 Å². The molecule has 152 valence electrons. The molecule has 29 heavy (non-hydrogen) atoms. The normalized spacial score (nSPS) is 12.9. The van der Waals surface area contributed by atoms with Crippen LogP contribution in [-0.4, -0.2) is 26.7 Å². The Labute approximate surface area is 163 Å². The van der Waals surface area contributed by atoms with E-state index in [1.54, 1.807) is 12.1 Å². The number of fused-ring (bicyclic) bond motifs is 1. The number of hydrogen-bond acceptors (Lipinski definition) is 4. The van der Waals surface area contributed by atoms with Gasteiger partial charge in [-0.2, -0.15) is 13.2 Å². The largest absolute Gasteiger partial charge is 0.480 e. The van der Waals surface area contributed by atoms with Gasteiger partial charge in [0, 0.05) is 29.9 Å². The molecule has 0 aliphatic heterocycles. The van der Waals surface area contributed by atoms with Crippen LogP contribution in [0.3, 0.4) is 0 Å². The van der Waals surface area contributed by atoms with Crippen LogP contribution in [0.15, 0.2) is 41.3 Å². The molecular weight excluding hydrogens is 387 g/mol. The number of aliphatic carboxylic acids is 1. The van der Waals surface area contributed by atoms with E-state index in [9.17, 15) is 22.8 Å².